The normalized spacial score (nSPS) is 14.5. The van der Waals surface area contributed by atoms with Gasteiger partial charge in [0.25, 0.3) is 0 Å². The van der Waals surface area contributed by atoms with E-state index in [1.54, 1.807) is 0 Å². The molecular formula is C56H80N13O20P. The molecule has 10 atom stereocenters. The molecule has 0 fully saturated rings. The molecule has 22 N–H and O–H groups in total. The van der Waals surface area contributed by atoms with Gasteiger partial charge >= 0.3 is 13.8 Å². The molecule has 3 aromatic rings. The summed E-state index contributed by atoms with van der Waals surface area (Å²) in [5, 5.41) is 63.3. The predicted molar refractivity (Wildman–Crippen MR) is 318 cm³/mol. The average molecular weight is 1290 g/mol. The molecule has 0 heterocycles. The highest BCUT2D eigenvalue weighted by Gasteiger charge is 2.36. The van der Waals surface area contributed by atoms with Gasteiger partial charge in [0.1, 0.15) is 72.1 Å². The second-order valence-electron chi connectivity index (χ2n) is 21.3. The number of carbonyl (C=O) groups excluding carboxylic acids is 11. The third kappa shape index (κ3) is 27.0. The van der Waals surface area contributed by atoms with Gasteiger partial charge in [0.05, 0.1) is 25.1 Å². The van der Waals surface area contributed by atoms with Gasteiger partial charge in [-0.2, -0.15) is 0 Å². The van der Waals surface area contributed by atoms with Gasteiger partial charge in [-0.25, -0.2) is 4.57 Å². The second-order valence-corrected chi connectivity index (χ2v) is 22.5. The van der Waals surface area contributed by atoms with Crippen molar-refractivity contribution in [2.75, 3.05) is 19.6 Å². The third-order valence-corrected chi connectivity index (χ3v) is 13.6. The van der Waals surface area contributed by atoms with Crippen LogP contribution in [0.4, 0.5) is 0 Å². The number of carbonyl (C=O) groups is 12. The minimum atomic E-state index is -4.94. The van der Waals surface area contributed by atoms with Gasteiger partial charge in [0.2, 0.25) is 65.0 Å². The number of benzene rings is 3. The average Bonchev–Trinajstić information content (AvgIpc) is 1.86. The largest absolute Gasteiger partial charge is 0.524 e. The Morgan fingerprint density at radius 3 is 1.39 bits per heavy atom. The SMILES string of the molecule is CC(C)[C@H](NC(=O)[C@H](CC(N)=O)NC(=O)[C@H](Cc1ccc(O)cc1)NC(=O)CNC(=O)[C@H](C)NC(=O)[C@H](CCCCN)NC(=O)[C@H](Cc1ccc(O)cc1)NC(=O)[C@@H](NC(=O)[C@H](C)N)[C@@H](C)O)C(=O)N[C@@H](Cc1ccc(OP(=O)(O)O)cc1)C(=O)NCC(=O)O. The number of phenols is 2. The fraction of sp³-hybridized carbons (Fsp3) is 0.464. The molecule has 3 rings (SSSR count). The van der Waals surface area contributed by atoms with Gasteiger partial charge in [-0.3, -0.25) is 67.3 Å². The monoisotopic (exact) mass is 1290 g/mol. The number of phosphoric ester groups is 1. The number of hydrogen-bond donors (Lipinski definition) is 19. The molecule has 0 unspecified atom stereocenters. The Morgan fingerprint density at radius 1 is 0.511 bits per heavy atom. The van der Waals surface area contributed by atoms with Crippen LogP contribution < -0.4 is 74.9 Å². The van der Waals surface area contributed by atoms with Crippen LogP contribution in [0.2, 0.25) is 0 Å². The fourth-order valence-corrected chi connectivity index (χ4v) is 8.77. The Balaban J connectivity index is 1.82. The summed E-state index contributed by atoms with van der Waals surface area (Å²) in [7, 11) is -4.94. The van der Waals surface area contributed by atoms with Crippen molar-refractivity contribution in [2.24, 2.45) is 23.1 Å². The number of aliphatic hydroxyl groups is 1. The molecule has 0 spiro atoms. The zero-order chi connectivity index (χ0) is 67.6. The molecule has 0 radical (unpaired) electrons. The number of nitrogens with one attached hydrogen (secondary N) is 10. The first-order valence-corrected chi connectivity index (χ1v) is 29.7. The fourth-order valence-electron chi connectivity index (χ4n) is 8.37. The maximum atomic E-state index is 14.2. The van der Waals surface area contributed by atoms with Gasteiger partial charge in [-0.15, -0.1) is 0 Å². The summed E-state index contributed by atoms with van der Waals surface area (Å²) in [6, 6.07) is 2.45. The van der Waals surface area contributed by atoms with E-state index in [4.69, 9.17) is 27.0 Å². The van der Waals surface area contributed by atoms with Gasteiger partial charge in [0, 0.05) is 19.3 Å². The van der Waals surface area contributed by atoms with Crippen LogP contribution in [0, 0.1) is 5.92 Å². The lowest BCUT2D eigenvalue weighted by Gasteiger charge is -2.28. The summed E-state index contributed by atoms with van der Waals surface area (Å²) in [5.41, 5.74) is 17.9. The molecule has 0 aliphatic carbocycles. The first kappa shape index (κ1) is 75.0. The zero-order valence-corrected chi connectivity index (χ0v) is 50.8. The van der Waals surface area contributed by atoms with Crippen molar-refractivity contribution >= 4 is 78.8 Å². The van der Waals surface area contributed by atoms with Crippen LogP contribution in [-0.2, 0) is 81.4 Å². The van der Waals surface area contributed by atoms with Crippen molar-refractivity contribution in [2.45, 2.75) is 140 Å². The van der Waals surface area contributed by atoms with Crippen LogP contribution in [0.5, 0.6) is 17.2 Å². The summed E-state index contributed by atoms with van der Waals surface area (Å²) in [6.07, 6.45) is -2.59. The standard InChI is InChI=1S/C56H80N13O20P/c1-28(2)46(55(84)66-39(50(79)61-27-45(75)76)22-34-13-19-37(20-14-34)89-90(86,87)88)68-54(83)42(25-43(59)73)65-52(81)40(23-32-9-15-35(71)16-10-32)63-44(74)26-60-49(78)30(4)62-51(80)38(8-6-7-21-57)64-53(82)41(24-33-11-17-36(72)18-12-33)67-56(85)47(31(5)70)69-48(77)29(3)58/h9-20,28-31,38-42,46-47,70-72H,6-8,21-27,57-58H2,1-5H3,(H2,59,73)(H,60,78)(H,61,79)(H,62,80)(H,63,74)(H,64,82)(H,65,81)(H,66,84)(H,67,85)(H,68,83)(H,69,77)(H,75,76)(H2,86,87,88)/t29-,30-,31+,38-,39-,40-,41-,42-,46-,47-/m0/s1. The molecule has 34 heteroatoms. The third-order valence-electron chi connectivity index (χ3n) is 13.2. The van der Waals surface area contributed by atoms with Crippen molar-refractivity contribution in [3.8, 4) is 17.2 Å². The smallest absolute Gasteiger partial charge is 0.508 e. The lowest BCUT2D eigenvalue weighted by atomic mass is 10.00. The van der Waals surface area contributed by atoms with Gasteiger partial charge in [0.15, 0.2) is 0 Å². The Hall–Kier alpha value is -9.27. The van der Waals surface area contributed by atoms with Crippen LogP contribution >= 0.6 is 7.82 Å². The van der Waals surface area contributed by atoms with E-state index in [1.165, 1.54) is 95.3 Å². The molecule has 494 valence electrons. The second kappa shape index (κ2) is 36.3. The Labute approximate surface area is 516 Å². The first-order valence-electron chi connectivity index (χ1n) is 28.2. The molecule has 90 heavy (non-hydrogen) atoms. The molecule has 11 amide bonds. The van der Waals surface area contributed by atoms with E-state index in [0.717, 1.165) is 12.1 Å². The van der Waals surface area contributed by atoms with Crippen LogP contribution in [-0.4, -0.2) is 181 Å². The summed E-state index contributed by atoms with van der Waals surface area (Å²) < 4.78 is 15.8. The number of primary amides is 1. The lowest BCUT2D eigenvalue weighted by Crippen LogP contribution is -2.61. The van der Waals surface area contributed by atoms with Crippen molar-refractivity contribution in [1.29, 1.82) is 0 Å². The highest BCUT2D eigenvalue weighted by atomic mass is 31.2. The van der Waals surface area contributed by atoms with E-state index in [9.17, 15) is 82.5 Å². The molecule has 0 bridgehead atoms. The topological polar surface area (TPSA) is 551 Å². The number of nitrogens with two attached hydrogens (primary N) is 3. The predicted octanol–water partition coefficient (Wildman–Crippen LogP) is -4.80. The Morgan fingerprint density at radius 2 is 0.933 bits per heavy atom. The van der Waals surface area contributed by atoms with Crippen LogP contribution in [0.1, 0.15) is 77.0 Å². The number of aliphatic carboxylic acids is 1. The van der Waals surface area contributed by atoms with E-state index in [1.807, 2.05) is 0 Å². The summed E-state index contributed by atoms with van der Waals surface area (Å²) in [5.74, 6) is -13.6. The molecule has 0 aromatic heterocycles. The van der Waals surface area contributed by atoms with E-state index in [2.05, 4.69) is 57.7 Å². The van der Waals surface area contributed by atoms with Gasteiger partial charge < -0.3 is 95.3 Å². The summed E-state index contributed by atoms with van der Waals surface area (Å²) in [6.45, 7) is 5.29. The van der Waals surface area contributed by atoms with Crippen molar-refractivity contribution in [3.05, 3.63) is 89.5 Å². The minimum Gasteiger partial charge on any atom is -0.508 e. The van der Waals surface area contributed by atoms with Crippen molar-refractivity contribution in [1.82, 2.24) is 53.2 Å². The van der Waals surface area contributed by atoms with E-state index in [0.29, 0.717) is 17.5 Å². The van der Waals surface area contributed by atoms with Crippen LogP contribution in [0.3, 0.4) is 0 Å². The highest BCUT2D eigenvalue weighted by molar-refractivity contribution is 7.46. The number of amides is 11. The maximum absolute atomic E-state index is 14.2. The molecule has 0 saturated carbocycles. The summed E-state index contributed by atoms with van der Waals surface area (Å²) >= 11 is 0. The molecule has 33 nitrogen and oxygen atoms in total. The molecule has 3 aromatic carbocycles. The highest BCUT2D eigenvalue weighted by Crippen LogP contribution is 2.37. The van der Waals surface area contributed by atoms with Gasteiger partial charge in [-0.1, -0.05) is 50.2 Å². The molecular weight excluding hydrogens is 1210 g/mol. The van der Waals surface area contributed by atoms with Crippen molar-refractivity contribution in [3.63, 3.8) is 0 Å². The van der Waals surface area contributed by atoms with Gasteiger partial charge in [-0.05, 0) is 106 Å². The number of hydrogen-bond acceptors (Lipinski definition) is 19. The molecule has 0 aliphatic heterocycles. The number of unbranched alkanes of at least 4 members (excludes halogenated alkanes) is 1. The molecule has 0 aliphatic rings. The number of phosphoric acid groups is 1. The summed E-state index contributed by atoms with van der Waals surface area (Å²) in [4.78, 5) is 178. The number of rotatable bonds is 37. The minimum absolute atomic E-state index is 0.0344. The number of aromatic hydroxyl groups is 2. The Bertz CT molecular complexity index is 3040. The number of carboxylic acids is 1. The van der Waals surface area contributed by atoms with E-state index >= 15 is 0 Å². The number of aliphatic hydroxyl groups excluding tert-OH is 1. The Kier molecular flexibility index (Phi) is 30.2. The molecule has 0 saturated heterocycles. The zero-order valence-electron chi connectivity index (χ0n) is 49.9. The number of phenolic OH excluding ortho intramolecular Hbond substituents is 2. The van der Waals surface area contributed by atoms with E-state index < -0.39 is 165 Å². The maximum Gasteiger partial charge on any atom is 0.524 e. The quantitative estimate of drug-likeness (QED) is 0.0190. The lowest BCUT2D eigenvalue weighted by molar-refractivity contribution is -0.138. The first-order chi connectivity index (χ1) is 42.2. The number of carboxylic acid groups (broad SMARTS) is 1. The van der Waals surface area contributed by atoms with E-state index in [-0.39, 0.29) is 61.5 Å². The van der Waals surface area contributed by atoms with Crippen LogP contribution in [0.15, 0.2) is 72.8 Å². The van der Waals surface area contributed by atoms with Crippen molar-refractivity contribution < 1.29 is 96.8 Å². The van der Waals surface area contributed by atoms with Crippen LogP contribution in [0.25, 0.3) is 0 Å².